The Labute approximate surface area is 270 Å². The normalized spacial score (nSPS) is 18.4. The number of methoxy groups -OCH3 is 2. The topological polar surface area (TPSA) is 106 Å². The van der Waals surface area contributed by atoms with Crippen LogP contribution in [0.25, 0.3) is 22.4 Å². The number of hydrogen-bond donors (Lipinski definition) is 2. The highest BCUT2D eigenvalue weighted by Crippen LogP contribution is 2.47. The van der Waals surface area contributed by atoms with E-state index in [9.17, 15) is 0 Å². The Morgan fingerprint density at radius 2 is 1.67 bits per heavy atom. The van der Waals surface area contributed by atoms with Crippen molar-refractivity contribution in [1.29, 1.82) is 0 Å². The molecule has 2 aliphatic rings. The summed E-state index contributed by atoms with van der Waals surface area (Å²) in [4.78, 5) is 12.7. The summed E-state index contributed by atoms with van der Waals surface area (Å²) in [5.41, 5.74) is 8.00. The molecule has 46 heavy (non-hydrogen) atoms. The maximum atomic E-state index is 5.37. The second-order valence-corrected chi connectivity index (χ2v) is 13.0. The average molecular weight is 621 g/mol. The fraction of sp³-hybridized carbons (Fsp3) is 0.444. The van der Waals surface area contributed by atoms with Crippen molar-refractivity contribution in [3.63, 3.8) is 0 Å². The van der Waals surface area contributed by atoms with Gasteiger partial charge >= 0.3 is 0 Å². The Morgan fingerprint density at radius 1 is 0.978 bits per heavy atom. The van der Waals surface area contributed by atoms with Crippen molar-refractivity contribution in [2.45, 2.75) is 71.5 Å². The quantitative estimate of drug-likeness (QED) is 0.195. The van der Waals surface area contributed by atoms with Crippen molar-refractivity contribution in [1.82, 2.24) is 35.3 Å². The number of ether oxygens (including phenoxy) is 2. The molecule has 1 saturated heterocycles. The van der Waals surface area contributed by atoms with Crippen molar-refractivity contribution in [2.75, 3.05) is 32.2 Å². The molecule has 0 amide bonds. The maximum absolute atomic E-state index is 5.37. The number of H-pyrrole nitrogens is 1. The Bertz CT molecular complexity index is 1780. The van der Waals surface area contributed by atoms with E-state index in [1.165, 1.54) is 24.8 Å². The first-order valence-corrected chi connectivity index (χ1v) is 16.4. The lowest BCUT2D eigenvalue weighted by atomic mass is 9.73. The number of anilines is 1. The summed E-state index contributed by atoms with van der Waals surface area (Å²) in [7, 11) is 3.40. The first-order chi connectivity index (χ1) is 22.4. The SMILES string of the molecule is COc1ccc(Cn2nc(-c3c(C)n[nH]c3C)c3ncc(N4CCC5(CCC[C@H]5NC(C)c5ccc(OC)cc5)CC4)nc32)cc1. The molecule has 10 nitrogen and oxygen atoms in total. The molecule has 240 valence electrons. The smallest absolute Gasteiger partial charge is 0.179 e. The predicted octanol–water partition coefficient (Wildman–Crippen LogP) is 6.39. The highest BCUT2D eigenvalue weighted by atomic mass is 16.5. The molecule has 0 radical (unpaired) electrons. The zero-order valence-electron chi connectivity index (χ0n) is 27.5. The average Bonchev–Trinajstić information content (AvgIpc) is 3.75. The molecular formula is C36H44N8O2. The monoisotopic (exact) mass is 620 g/mol. The van der Waals surface area contributed by atoms with Crippen LogP contribution < -0.4 is 19.7 Å². The van der Waals surface area contributed by atoms with E-state index >= 15 is 0 Å². The summed E-state index contributed by atoms with van der Waals surface area (Å²) in [6.07, 6.45) is 8.00. The van der Waals surface area contributed by atoms with Gasteiger partial charge in [0.15, 0.2) is 5.65 Å². The lowest BCUT2D eigenvalue weighted by molar-refractivity contribution is 0.163. The Balaban J connectivity index is 1.13. The summed E-state index contributed by atoms with van der Waals surface area (Å²) in [5, 5.41) is 16.6. The molecule has 2 atom stereocenters. The van der Waals surface area contributed by atoms with E-state index in [0.717, 1.165) is 82.6 Å². The highest BCUT2D eigenvalue weighted by molar-refractivity contribution is 5.90. The van der Waals surface area contributed by atoms with Gasteiger partial charge in [0.1, 0.15) is 28.5 Å². The minimum absolute atomic E-state index is 0.292. The number of aromatic amines is 1. The summed E-state index contributed by atoms with van der Waals surface area (Å²) < 4.78 is 12.7. The van der Waals surface area contributed by atoms with Gasteiger partial charge in [0.2, 0.25) is 0 Å². The van der Waals surface area contributed by atoms with Gasteiger partial charge in [0.05, 0.1) is 32.7 Å². The molecule has 2 N–H and O–H groups in total. The van der Waals surface area contributed by atoms with Gasteiger partial charge in [-0.1, -0.05) is 30.7 Å². The van der Waals surface area contributed by atoms with Crippen molar-refractivity contribution in [2.24, 2.45) is 5.41 Å². The van der Waals surface area contributed by atoms with E-state index in [-0.39, 0.29) is 0 Å². The zero-order chi connectivity index (χ0) is 31.8. The molecule has 1 aliphatic carbocycles. The molecule has 2 aromatic carbocycles. The van der Waals surface area contributed by atoms with Gasteiger partial charge in [0.25, 0.3) is 0 Å². The number of aromatic nitrogens is 6. The molecule has 1 aliphatic heterocycles. The fourth-order valence-electron chi connectivity index (χ4n) is 7.64. The van der Waals surface area contributed by atoms with Crippen LogP contribution in [0.15, 0.2) is 54.7 Å². The Morgan fingerprint density at radius 3 is 2.33 bits per heavy atom. The van der Waals surface area contributed by atoms with Crippen LogP contribution in [-0.4, -0.2) is 63.3 Å². The largest absolute Gasteiger partial charge is 0.497 e. The molecule has 1 saturated carbocycles. The van der Waals surface area contributed by atoms with Gasteiger partial charge in [-0.3, -0.25) is 5.10 Å². The first-order valence-electron chi connectivity index (χ1n) is 16.4. The molecule has 5 aromatic rings. The summed E-state index contributed by atoms with van der Waals surface area (Å²) in [6, 6.07) is 17.4. The lowest BCUT2D eigenvalue weighted by Gasteiger charge is -2.44. The molecular weight excluding hydrogens is 576 g/mol. The molecule has 10 heteroatoms. The fourth-order valence-corrected chi connectivity index (χ4v) is 7.64. The third-order valence-electron chi connectivity index (χ3n) is 10.3. The van der Waals surface area contributed by atoms with Gasteiger partial charge < -0.3 is 19.7 Å². The number of hydrogen-bond acceptors (Lipinski definition) is 8. The van der Waals surface area contributed by atoms with Gasteiger partial charge in [-0.05, 0) is 87.3 Å². The van der Waals surface area contributed by atoms with Crippen LogP contribution in [0.4, 0.5) is 5.82 Å². The molecule has 2 fully saturated rings. The van der Waals surface area contributed by atoms with E-state index in [1.54, 1.807) is 14.2 Å². The van der Waals surface area contributed by atoms with Gasteiger partial charge in [-0.15, -0.1) is 0 Å². The molecule has 1 unspecified atom stereocenters. The van der Waals surface area contributed by atoms with Crippen LogP contribution in [0.5, 0.6) is 11.5 Å². The summed E-state index contributed by atoms with van der Waals surface area (Å²) in [5.74, 6) is 2.65. The second-order valence-electron chi connectivity index (χ2n) is 13.0. The Kier molecular flexibility index (Phi) is 8.15. The van der Waals surface area contributed by atoms with E-state index in [0.29, 0.717) is 24.0 Å². The third-order valence-corrected chi connectivity index (χ3v) is 10.3. The number of rotatable bonds is 9. The molecule has 7 rings (SSSR count). The summed E-state index contributed by atoms with van der Waals surface area (Å²) >= 11 is 0. The standard InChI is InChI=1S/C36H44N8O2/c1-23(27-10-14-29(46-5)15-11-27)38-30-7-6-16-36(30)17-19-43(20-18-36)31-21-37-34-33(32-24(2)40-41-25(32)3)42-44(35(34)39-31)22-26-8-12-28(45-4)13-9-26/h8-15,21,23,30,38H,6-7,16-20,22H2,1-5H3,(H,40,41)/t23?,30-/m1/s1. The second kappa shape index (κ2) is 12.4. The lowest BCUT2D eigenvalue weighted by Crippen LogP contribution is -2.49. The van der Waals surface area contributed by atoms with E-state index < -0.39 is 0 Å². The van der Waals surface area contributed by atoms with Crippen LogP contribution in [0.1, 0.15) is 67.6 Å². The summed E-state index contributed by atoms with van der Waals surface area (Å²) in [6.45, 7) is 8.82. The molecule has 0 bridgehead atoms. The van der Waals surface area contributed by atoms with E-state index in [1.807, 2.05) is 36.9 Å². The van der Waals surface area contributed by atoms with Gasteiger partial charge in [-0.2, -0.15) is 10.2 Å². The Hall–Kier alpha value is -4.44. The van der Waals surface area contributed by atoms with Crippen LogP contribution in [-0.2, 0) is 6.54 Å². The molecule has 1 spiro atoms. The highest BCUT2D eigenvalue weighted by Gasteiger charge is 2.45. The van der Waals surface area contributed by atoms with E-state index in [2.05, 4.69) is 63.7 Å². The number of benzene rings is 2. The minimum Gasteiger partial charge on any atom is -0.497 e. The predicted molar refractivity (Wildman–Crippen MR) is 181 cm³/mol. The van der Waals surface area contributed by atoms with Crippen molar-refractivity contribution in [3.05, 3.63) is 77.2 Å². The van der Waals surface area contributed by atoms with Crippen LogP contribution in [0, 0.1) is 19.3 Å². The van der Waals surface area contributed by atoms with Gasteiger partial charge in [-0.25, -0.2) is 14.6 Å². The third kappa shape index (κ3) is 5.59. The van der Waals surface area contributed by atoms with Crippen molar-refractivity contribution >= 4 is 17.0 Å². The first kappa shape index (κ1) is 30.2. The van der Waals surface area contributed by atoms with Crippen LogP contribution in [0.2, 0.25) is 0 Å². The van der Waals surface area contributed by atoms with Crippen molar-refractivity contribution in [3.8, 4) is 22.8 Å². The van der Waals surface area contributed by atoms with E-state index in [4.69, 9.17) is 24.5 Å². The number of aryl methyl sites for hydroxylation is 2. The van der Waals surface area contributed by atoms with Crippen LogP contribution in [0.3, 0.4) is 0 Å². The molecule has 3 aromatic heterocycles. The number of piperidine rings is 1. The zero-order valence-corrected chi connectivity index (χ0v) is 27.5. The van der Waals surface area contributed by atoms with Crippen molar-refractivity contribution < 1.29 is 9.47 Å². The molecule has 4 heterocycles. The number of nitrogens with one attached hydrogen (secondary N) is 2. The van der Waals surface area contributed by atoms with Crippen LogP contribution >= 0.6 is 0 Å². The van der Waals surface area contributed by atoms with Gasteiger partial charge in [0, 0.05) is 36.4 Å². The minimum atomic E-state index is 0.292. The maximum Gasteiger partial charge on any atom is 0.179 e. The number of fused-ring (bicyclic) bond motifs is 1. The number of nitrogens with zero attached hydrogens (tertiary/aromatic N) is 6.